The predicted molar refractivity (Wildman–Crippen MR) is 64.6 cm³/mol. The smallest absolute Gasteiger partial charge is 0.295 e. The standard InChI is InChI=1S/C14H13NO3/c16-13-11-8-4-5-9-12(11)14(17)15(13)18-10-6-2-1-3-7-10/h4-6,8-9H,1-3,7H2. The maximum atomic E-state index is 12.0. The van der Waals surface area contributed by atoms with E-state index in [4.69, 9.17) is 4.84 Å². The minimum Gasteiger partial charge on any atom is -0.373 e. The molecule has 0 atom stereocenters. The van der Waals surface area contributed by atoms with E-state index in [9.17, 15) is 9.59 Å². The van der Waals surface area contributed by atoms with Crippen molar-refractivity contribution in [2.75, 3.05) is 0 Å². The first-order valence-corrected chi connectivity index (χ1v) is 6.12. The number of rotatable bonds is 2. The molecule has 0 spiro atoms. The third kappa shape index (κ3) is 1.70. The van der Waals surface area contributed by atoms with Crippen molar-refractivity contribution < 1.29 is 14.4 Å². The predicted octanol–water partition coefficient (Wildman–Crippen LogP) is 2.67. The number of carbonyl (C=O) groups excluding carboxylic acids is 2. The van der Waals surface area contributed by atoms with Crippen LogP contribution in [0.1, 0.15) is 46.4 Å². The van der Waals surface area contributed by atoms with Crippen molar-refractivity contribution in [2.45, 2.75) is 25.7 Å². The fourth-order valence-corrected chi connectivity index (χ4v) is 2.26. The molecule has 1 aliphatic heterocycles. The highest BCUT2D eigenvalue weighted by Gasteiger charge is 2.37. The molecule has 1 aromatic rings. The van der Waals surface area contributed by atoms with Gasteiger partial charge in [0.05, 0.1) is 11.1 Å². The van der Waals surface area contributed by atoms with Crippen LogP contribution < -0.4 is 0 Å². The first kappa shape index (κ1) is 11.0. The zero-order chi connectivity index (χ0) is 12.5. The van der Waals surface area contributed by atoms with E-state index in [0.29, 0.717) is 11.1 Å². The highest BCUT2D eigenvalue weighted by Crippen LogP contribution is 2.26. The lowest BCUT2D eigenvalue weighted by Crippen LogP contribution is -2.30. The number of fused-ring (bicyclic) bond motifs is 1. The molecule has 4 heteroatoms. The Hall–Kier alpha value is -2.10. The number of imide groups is 1. The minimum atomic E-state index is -0.373. The second-order valence-electron chi connectivity index (χ2n) is 4.46. The number of carbonyl (C=O) groups is 2. The van der Waals surface area contributed by atoms with E-state index in [1.165, 1.54) is 0 Å². The summed E-state index contributed by atoms with van der Waals surface area (Å²) in [5.41, 5.74) is 0.831. The Morgan fingerprint density at radius 1 is 1.00 bits per heavy atom. The van der Waals surface area contributed by atoms with E-state index in [1.54, 1.807) is 24.3 Å². The zero-order valence-electron chi connectivity index (χ0n) is 9.89. The van der Waals surface area contributed by atoms with Crippen LogP contribution in [0.25, 0.3) is 0 Å². The van der Waals surface area contributed by atoms with E-state index in [-0.39, 0.29) is 11.8 Å². The van der Waals surface area contributed by atoms with Crippen LogP contribution in [0.2, 0.25) is 0 Å². The van der Waals surface area contributed by atoms with Gasteiger partial charge >= 0.3 is 0 Å². The summed E-state index contributed by atoms with van der Waals surface area (Å²) in [6.07, 6.45) is 5.85. The molecule has 0 saturated heterocycles. The van der Waals surface area contributed by atoms with Crippen LogP contribution in [-0.2, 0) is 4.84 Å². The topological polar surface area (TPSA) is 46.6 Å². The third-order valence-corrected chi connectivity index (χ3v) is 3.21. The Bertz CT molecular complexity index is 513. The third-order valence-electron chi connectivity index (χ3n) is 3.21. The second kappa shape index (κ2) is 4.29. The zero-order valence-corrected chi connectivity index (χ0v) is 9.89. The van der Waals surface area contributed by atoms with Gasteiger partial charge in [-0.05, 0) is 37.5 Å². The summed E-state index contributed by atoms with van der Waals surface area (Å²) in [7, 11) is 0. The molecule has 2 aliphatic rings. The molecule has 1 aliphatic carbocycles. The molecule has 0 N–H and O–H groups in total. The van der Waals surface area contributed by atoms with E-state index < -0.39 is 0 Å². The van der Waals surface area contributed by atoms with Gasteiger partial charge in [0.25, 0.3) is 11.8 Å². The molecule has 0 aromatic heterocycles. The summed E-state index contributed by atoms with van der Waals surface area (Å²) in [5, 5.41) is 0.877. The monoisotopic (exact) mass is 243 g/mol. The maximum Gasteiger partial charge on any atom is 0.295 e. The minimum absolute atomic E-state index is 0.373. The summed E-state index contributed by atoms with van der Waals surface area (Å²) >= 11 is 0. The Balaban J connectivity index is 1.86. The maximum absolute atomic E-state index is 12.0. The van der Waals surface area contributed by atoms with E-state index in [2.05, 4.69) is 0 Å². The molecule has 18 heavy (non-hydrogen) atoms. The van der Waals surface area contributed by atoms with Gasteiger partial charge in [-0.2, -0.15) is 0 Å². The summed E-state index contributed by atoms with van der Waals surface area (Å²) in [4.78, 5) is 29.5. The van der Waals surface area contributed by atoms with Crippen molar-refractivity contribution in [3.05, 3.63) is 47.2 Å². The van der Waals surface area contributed by atoms with Crippen molar-refractivity contribution in [3.8, 4) is 0 Å². The number of allylic oxidation sites excluding steroid dienone is 2. The Kier molecular flexibility index (Phi) is 2.63. The van der Waals surface area contributed by atoms with Gasteiger partial charge in [0, 0.05) is 6.42 Å². The Morgan fingerprint density at radius 3 is 2.22 bits per heavy atom. The van der Waals surface area contributed by atoms with E-state index in [1.807, 2.05) is 6.08 Å². The molecule has 0 radical (unpaired) electrons. The normalized spacial score (nSPS) is 18.7. The number of hydroxylamine groups is 2. The van der Waals surface area contributed by atoms with Crippen molar-refractivity contribution in [3.63, 3.8) is 0 Å². The summed E-state index contributed by atoms with van der Waals surface area (Å²) in [6, 6.07) is 6.78. The molecule has 0 unspecified atom stereocenters. The number of hydrogen-bond acceptors (Lipinski definition) is 3. The van der Waals surface area contributed by atoms with Crippen LogP contribution in [0, 0.1) is 0 Å². The SMILES string of the molecule is O=C1c2ccccc2C(=O)N1OC1=CCCCC1. The Morgan fingerprint density at radius 2 is 1.67 bits per heavy atom. The summed E-state index contributed by atoms with van der Waals surface area (Å²) in [6.45, 7) is 0. The van der Waals surface area contributed by atoms with Gasteiger partial charge in [0.15, 0.2) is 0 Å². The quantitative estimate of drug-likeness (QED) is 0.750. The second-order valence-corrected chi connectivity index (χ2v) is 4.46. The lowest BCUT2D eigenvalue weighted by atomic mass is 10.1. The van der Waals surface area contributed by atoms with Gasteiger partial charge in [0.2, 0.25) is 0 Å². The molecule has 4 nitrogen and oxygen atoms in total. The first-order chi connectivity index (χ1) is 8.77. The van der Waals surface area contributed by atoms with Gasteiger partial charge in [-0.3, -0.25) is 9.59 Å². The van der Waals surface area contributed by atoms with Crippen LogP contribution >= 0.6 is 0 Å². The number of nitrogens with zero attached hydrogens (tertiary/aromatic N) is 1. The summed E-state index contributed by atoms with van der Waals surface area (Å²) < 4.78 is 0. The number of hydrogen-bond donors (Lipinski definition) is 0. The molecule has 0 fully saturated rings. The molecule has 0 bridgehead atoms. The van der Waals surface area contributed by atoms with Gasteiger partial charge in [-0.1, -0.05) is 17.2 Å². The van der Waals surface area contributed by atoms with Gasteiger partial charge < -0.3 is 4.84 Å². The van der Waals surface area contributed by atoms with Crippen molar-refractivity contribution >= 4 is 11.8 Å². The van der Waals surface area contributed by atoms with Crippen molar-refractivity contribution in [2.24, 2.45) is 0 Å². The van der Waals surface area contributed by atoms with Gasteiger partial charge in [-0.15, -0.1) is 0 Å². The van der Waals surface area contributed by atoms with Crippen LogP contribution in [0.4, 0.5) is 0 Å². The largest absolute Gasteiger partial charge is 0.373 e. The molecule has 92 valence electrons. The lowest BCUT2D eigenvalue weighted by Gasteiger charge is -2.19. The summed E-state index contributed by atoms with van der Waals surface area (Å²) in [5.74, 6) is -0.0279. The van der Waals surface area contributed by atoms with Crippen LogP contribution in [0.3, 0.4) is 0 Å². The Labute approximate surface area is 105 Å². The van der Waals surface area contributed by atoms with E-state index >= 15 is 0 Å². The highest BCUT2D eigenvalue weighted by molar-refractivity contribution is 6.20. The molecule has 0 saturated carbocycles. The average molecular weight is 243 g/mol. The van der Waals surface area contributed by atoms with E-state index in [0.717, 1.165) is 36.5 Å². The molecule has 1 aromatic carbocycles. The van der Waals surface area contributed by atoms with Gasteiger partial charge in [0.1, 0.15) is 5.76 Å². The van der Waals surface area contributed by atoms with Crippen molar-refractivity contribution in [1.82, 2.24) is 5.06 Å². The highest BCUT2D eigenvalue weighted by atomic mass is 16.7. The molecule has 2 amide bonds. The molecular formula is C14H13NO3. The van der Waals surface area contributed by atoms with Crippen molar-refractivity contribution in [1.29, 1.82) is 0 Å². The fraction of sp³-hybridized carbons (Fsp3) is 0.286. The van der Waals surface area contributed by atoms with Crippen LogP contribution in [-0.4, -0.2) is 16.9 Å². The first-order valence-electron chi connectivity index (χ1n) is 6.12. The van der Waals surface area contributed by atoms with Gasteiger partial charge in [-0.25, -0.2) is 0 Å². The fourth-order valence-electron chi connectivity index (χ4n) is 2.26. The van der Waals surface area contributed by atoms with Crippen LogP contribution in [0.15, 0.2) is 36.1 Å². The molecule has 1 heterocycles. The lowest BCUT2D eigenvalue weighted by molar-refractivity contribution is -0.0601. The number of amides is 2. The average Bonchev–Trinajstić information content (AvgIpc) is 2.66. The number of benzene rings is 1. The molecular weight excluding hydrogens is 230 g/mol. The molecule has 3 rings (SSSR count). The van der Waals surface area contributed by atoms with Crippen LogP contribution in [0.5, 0.6) is 0 Å².